The number of hydrogen-bond donors (Lipinski definition) is 1. The first-order valence-corrected chi connectivity index (χ1v) is 3.19. The van der Waals surface area contributed by atoms with Crippen LogP contribution in [-0.2, 0) is 7.05 Å². The van der Waals surface area contributed by atoms with Crippen molar-refractivity contribution in [2.75, 3.05) is 0 Å². The molecule has 0 aliphatic rings. The lowest BCUT2D eigenvalue weighted by molar-refractivity contribution is 0.854. The molecule has 0 fully saturated rings. The SMILES string of the molecule is Cc1cn(C)c(=N)s1. The van der Waals surface area contributed by atoms with Crippen LogP contribution in [0.15, 0.2) is 6.20 Å². The maximum Gasteiger partial charge on any atom is 0.181 e. The number of nitrogens with zero attached hydrogens (tertiary/aromatic N) is 1. The minimum Gasteiger partial charge on any atom is -0.327 e. The first-order chi connectivity index (χ1) is 3.70. The number of hydrogen-bond acceptors (Lipinski definition) is 2. The Morgan fingerprint density at radius 2 is 2.38 bits per heavy atom. The van der Waals surface area contributed by atoms with Crippen molar-refractivity contribution in [3.63, 3.8) is 0 Å². The van der Waals surface area contributed by atoms with Gasteiger partial charge in [0.2, 0.25) is 0 Å². The Balaban J connectivity index is 3.35. The second kappa shape index (κ2) is 1.74. The molecule has 3 heteroatoms. The molecule has 0 unspecified atom stereocenters. The van der Waals surface area contributed by atoms with Gasteiger partial charge in [-0.15, -0.1) is 11.3 Å². The summed E-state index contributed by atoms with van der Waals surface area (Å²) in [5, 5.41) is 7.22. The van der Waals surface area contributed by atoms with E-state index in [0.29, 0.717) is 4.80 Å². The molecule has 0 aromatic carbocycles. The molecule has 1 N–H and O–H groups in total. The maximum absolute atomic E-state index is 7.22. The van der Waals surface area contributed by atoms with E-state index in [1.165, 1.54) is 16.2 Å². The standard InChI is InChI=1S/C5H8N2S/c1-4-3-7(2)5(6)8-4/h3,6H,1-2H3. The van der Waals surface area contributed by atoms with Gasteiger partial charge in [-0.05, 0) is 6.92 Å². The average molecular weight is 128 g/mol. The van der Waals surface area contributed by atoms with Crippen LogP contribution in [0.5, 0.6) is 0 Å². The molecule has 1 aromatic heterocycles. The van der Waals surface area contributed by atoms with Crippen molar-refractivity contribution in [1.82, 2.24) is 4.57 Å². The monoisotopic (exact) mass is 128 g/mol. The van der Waals surface area contributed by atoms with Gasteiger partial charge < -0.3 is 4.57 Å². The molecule has 0 atom stereocenters. The Kier molecular flexibility index (Phi) is 1.21. The van der Waals surface area contributed by atoms with Gasteiger partial charge in [-0.3, -0.25) is 5.41 Å². The summed E-state index contributed by atoms with van der Waals surface area (Å²) in [5.41, 5.74) is 0. The third-order valence-electron chi connectivity index (χ3n) is 0.953. The van der Waals surface area contributed by atoms with E-state index in [1.54, 1.807) is 4.57 Å². The minimum atomic E-state index is 0.613. The molecule has 0 saturated carbocycles. The molecule has 1 heterocycles. The summed E-state index contributed by atoms with van der Waals surface area (Å²) in [6, 6.07) is 0. The molecule has 0 saturated heterocycles. The Labute approximate surface area is 51.9 Å². The Morgan fingerprint density at radius 3 is 2.50 bits per heavy atom. The van der Waals surface area contributed by atoms with Crippen LogP contribution in [0.1, 0.15) is 4.88 Å². The molecule has 0 bridgehead atoms. The summed E-state index contributed by atoms with van der Waals surface area (Å²) in [4.78, 5) is 1.81. The van der Waals surface area contributed by atoms with Crippen molar-refractivity contribution >= 4 is 11.3 Å². The van der Waals surface area contributed by atoms with Gasteiger partial charge in [0.25, 0.3) is 0 Å². The van der Waals surface area contributed by atoms with Crippen molar-refractivity contribution in [2.24, 2.45) is 7.05 Å². The van der Waals surface area contributed by atoms with E-state index in [1.807, 2.05) is 20.2 Å². The van der Waals surface area contributed by atoms with Crippen LogP contribution in [0.2, 0.25) is 0 Å². The molecular formula is C5H8N2S. The molecule has 0 radical (unpaired) electrons. The molecule has 1 rings (SSSR count). The molecule has 2 nitrogen and oxygen atoms in total. The summed E-state index contributed by atoms with van der Waals surface area (Å²) < 4.78 is 1.81. The molecule has 44 valence electrons. The van der Waals surface area contributed by atoms with Crippen LogP contribution in [0, 0.1) is 12.3 Å². The third kappa shape index (κ3) is 0.816. The van der Waals surface area contributed by atoms with Gasteiger partial charge in [0, 0.05) is 18.1 Å². The predicted octanol–water partition coefficient (Wildman–Crippen LogP) is 0.874. The first-order valence-electron chi connectivity index (χ1n) is 2.38. The van der Waals surface area contributed by atoms with E-state index < -0.39 is 0 Å². The van der Waals surface area contributed by atoms with Crippen LogP contribution in [0.4, 0.5) is 0 Å². The van der Waals surface area contributed by atoms with Gasteiger partial charge in [0.1, 0.15) is 0 Å². The van der Waals surface area contributed by atoms with Gasteiger partial charge in [-0.1, -0.05) is 0 Å². The molecule has 0 aliphatic heterocycles. The fraction of sp³-hybridized carbons (Fsp3) is 0.400. The average Bonchev–Trinajstić information content (AvgIpc) is 1.85. The second-order valence-electron chi connectivity index (χ2n) is 1.76. The molecule has 0 aliphatic carbocycles. The van der Waals surface area contributed by atoms with Crippen LogP contribution in [0.3, 0.4) is 0 Å². The molecule has 0 amide bonds. The number of thiazole rings is 1. The second-order valence-corrected chi connectivity index (χ2v) is 2.99. The Hall–Kier alpha value is -0.570. The number of aromatic nitrogens is 1. The number of aryl methyl sites for hydroxylation is 2. The largest absolute Gasteiger partial charge is 0.327 e. The highest BCUT2D eigenvalue weighted by Crippen LogP contribution is 1.96. The van der Waals surface area contributed by atoms with Crippen LogP contribution in [-0.4, -0.2) is 4.57 Å². The summed E-state index contributed by atoms with van der Waals surface area (Å²) in [7, 11) is 1.88. The molecule has 1 aromatic rings. The van der Waals surface area contributed by atoms with Gasteiger partial charge in [-0.2, -0.15) is 0 Å². The highest BCUT2D eigenvalue weighted by Gasteiger charge is 1.87. The fourth-order valence-electron chi connectivity index (χ4n) is 0.582. The minimum absolute atomic E-state index is 0.613. The van der Waals surface area contributed by atoms with Crippen molar-refractivity contribution in [3.05, 3.63) is 15.9 Å². The maximum atomic E-state index is 7.22. The summed E-state index contributed by atoms with van der Waals surface area (Å²) >= 11 is 1.50. The zero-order valence-corrected chi connectivity index (χ0v) is 5.75. The smallest absolute Gasteiger partial charge is 0.181 e. The van der Waals surface area contributed by atoms with E-state index in [9.17, 15) is 0 Å². The molecule has 0 spiro atoms. The summed E-state index contributed by atoms with van der Waals surface area (Å²) in [6.07, 6.45) is 1.95. The van der Waals surface area contributed by atoms with Gasteiger partial charge in [0.05, 0.1) is 0 Å². The lowest BCUT2D eigenvalue weighted by atomic mass is 10.6. The fourth-order valence-corrected chi connectivity index (χ4v) is 1.29. The molecule has 8 heavy (non-hydrogen) atoms. The van der Waals surface area contributed by atoms with Gasteiger partial charge in [0.15, 0.2) is 4.80 Å². The Bertz CT molecular complexity index is 233. The lowest BCUT2D eigenvalue weighted by Crippen LogP contribution is -2.05. The normalized spacial score (nSPS) is 9.75. The number of nitrogens with one attached hydrogen (secondary N) is 1. The zero-order chi connectivity index (χ0) is 6.15. The number of rotatable bonds is 0. The van der Waals surface area contributed by atoms with Crippen molar-refractivity contribution in [3.8, 4) is 0 Å². The van der Waals surface area contributed by atoms with E-state index in [2.05, 4.69) is 0 Å². The van der Waals surface area contributed by atoms with Crippen LogP contribution in [0.25, 0.3) is 0 Å². The first kappa shape index (κ1) is 5.56. The van der Waals surface area contributed by atoms with Crippen molar-refractivity contribution in [1.29, 1.82) is 5.41 Å². The quantitative estimate of drug-likeness (QED) is 0.537. The van der Waals surface area contributed by atoms with Crippen LogP contribution >= 0.6 is 11.3 Å². The third-order valence-corrected chi connectivity index (χ3v) is 1.86. The predicted molar refractivity (Wildman–Crippen MR) is 33.9 cm³/mol. The lowest BCUT2D eigenvalue weighted by Gasteiger charge is -1.80. The molecular weight excluding hydrogens is 120 g/mol. The zero-order valence-electron chi connectivity index (χ0n) is 4.93. The van der Waals surface area contributed by atoms with Gasteiger partial charge >= 0.3 is 0 Å². The summed E-state index contributed by atoms with van der Waals surface area (Å²) in [5.74, 6) is 0. The van der Waals surface area contributed by atoms with E-state index in [-0.39, 0.29) is 0 Å². The topological polar surface area (TPSA) is 28.8 Å². The van der Waals surface area contributed by atoms with E-state index in [0.717, 1.165) is 0 Å². The summed E-state index contributed by atoms with van der Waals surface area (Å²) in [6.45, 7) is 2.00. The van der Waals surface area contributed by atoms with Crippen molar-refractivity contribution in [2.45, 2.75) is 6.92 Å². The Morgan fingerprint density at radius 1 is 1.75 bits per heavy atom. The van der Waals surface area contributed by atoms with E-state index >= 15 is 0 Å². The van der Waals surface area contributed by atoms with E-state index in [4.69, 9.17) is 5.41 Å². The van der Waals surface area contributed by atoms with Gasteiger partial charge in [-0.25, -0.2) is 0 Å². The van der Waals surface area contributed by atoms with Crippen molar-refractivity contribution < 1.29 is 0 Å². The highest BCUT2D eigenvalue weighted by molar-refractivity contribution is 7.09. The highest BCUT2D eigenvalue weighted by atomic mass is 32.1. The van der Waals surface area contributed by atoms with Crippen LogP contribution < -0.4 is 4.80 Å².